The molecule has 0 spiro atoms. The van der Waals surface area contributed by atoms with E-state index < -0.39 is 30.7 Å². The fourth-order valence-electron chi connectivity index (χ4n) is 7.18. The van der Waals surface area contributed by atoms with E-state index in [0.717, 1.165) is 39.1 Å². The van der Waals surface area contributed by atoms with Gasteiger partial charge in [0, 0.05) is 4.70 Å². The second kappa shape index (κ2) is 19.4. The Hall–Kier alpha value is -5.12. The van der Waals surface area contributed by atoms with Crippen molar-refractivity contribution in [1.29, 1.82) is 0 Å². The first-order valence-corrected chi connectivity index (χ1v) is 20.4. The van der Waals surface area contributed by atoms with Gasteiger partial charge in [0.15, 0.2) is 5.06 Å². The summed E-state index contributed by atoms with van der Waals surface area (Å²) in [6.45, 7) is 3.88. The quantitative estimate of drug-likeness (QED) is 0.0918. The Morgan fingerprint density at radius 3 is 1.61 bits per heavy atom. The molecule has 2 heterocycles. The average Bonchev–Trinajstić information content (AvgIpc) is 3.68. The van der Waals surface area contributed by atoms with E-state index in [2.05, 4.69) is 104 Å². The Bertz CT molecular complexity index is 2250. The molecule has 0 bridgehead atoms. The normalized spacial score (nSPS) is 19.4. The molecule has 7 aromatic rings. The third-order valence-electron chi connectivity index (χ3n) is 10.2. The molecule has 1 fully saturated rings. The molecule has 0 amide bonds. The molecular weight excluding hydrogens is 729 g/mol. The van der Waals surface area contributed by atoms with Crippen molar-refractivity contribution in [2.45, 2.75) is 70.5 Å². The van der Waals surface area contributed by atoms with Gasteiger partial charge in [-0.25, -0.2) is 0 Å². The number of thiophene rings is 1. The number of hydrogen-bond acceptors (Lipinski definition) is 7. The maximum absolute atomic E-state index is 6.98. The number of fused-ring (bicyclic) bond motifs is 1. The molecule has 1 aliphatic heterocycles. The standard InChI is InChI=1S/C50H48O6S/c1-36-25-27-37(28-26-36)29-42-23-14-24-43-30-45(57-49(42)43)56-50-48(54-34-41-21-12-5-13-22-41)47(53-33-40-19-10-4-11-20-40)46(52-32-39-17-8-3-9-18-39)44(55-50)35-51-31-38-15-6-2-7-16-38/h2-28,30,44,46-48,50H,29,31-35H2,1H3/t44-,46-,47+,48-,50?/m1/s1. The van der Waals surface area contributed by atoms with Gasteiger partial charge >= 0.3 is 0 Å². The maximum atomic E-state index is 6.98. The lowest BCUT2D eigenvalue weighted by Gasteiger charge is -2.45. The zero-order valence-corrected chi connectivity index (χ0v) is 33.0. The number of ether oxygens (including phenoxy) is 6. The van der Waals surface area contributed by atoms with Crippen LogP contribution in [0.4, 0.5) is 0 Å². The van der Waals surface area contributed by atoms with Crippen LogP contribution in [-0.4, -0.2) is 37.3 Å². The van der Waals surface area contributed by atoms with E-state index in [1.165, 1.54) is 21.4 Å². The number of rotatable bonds is 17. The molecule has 6 nitrogen and oxygen atoms in total. The Labute approximate surface area is 339 Å². The Balaban J connectivity index is 1.13. The molecule has 1 aliphatic rings. The predicted molar refractivity (Wildman–Crippen MR) is 226 cm³/mol. The van der Waals surface area contributed by atoms with Gasteiger partial charge in [0.2, 0.25) is 6.29 Å². The lowest BCUT2D eigenvalue weighted by atomic mass is 9.97. The first-order valence-electron chi connectivity index (χ1n) is 19.6. The van der Waals surface area contributed by atoms with Gasteiger partial charge < -0.3 is 28.4 Å². The minimum atomic E-state index is -0.829. The zero-order valence-electron chi connectivity index (χ0n) is 32.2. The van der Waals surface area contributed by atoms with Crippen molar-refractivity contribution in [1.82, 2.24) is 0 Å². The Morgan fingerprint density at radius 2 is 1.04 bits per heavy atom. The summed E-state index contributed by atoms with van der Waals surface area (Å²) in [4.78, 5) is 0. The van der Waals surface area contributed by atoms with Gasteiger partial charge in [-0.05, 0) is 58.2 Å². The highest BCUT2D eigenvalue weighted by atomic mass is 32.1. The van der Waals surface area contributed by atoms with Gasteiger partial charge in [0.1, 0.15) is 24.4 Å². The van der Waals surface area contributed by atoms with Crippen molar-refractivity contribution in [3.8, 4) is 5.06 Å². The molecule has 57 heavy (non-hydrogen) atoms. The van der Waals surface area contributed by atoms with Gasteiger partial charge in [-0.2, -0.15) is 0 Å². The van der Waals surface area contributed by atoms with Gasteiger partial charge in [-0.15, -0.1) is 0 Å². The summed E-state index contributed by atoms with van der Waals surface area (Å²) < 4.78 is 42.1. The van der Waals surface area contributed by atoms with Crippen molar-refractivity contribution in [2.75, 3.05) is 6.61 Å². The van der Waals surface area contributed by atoms with E-state index in [-0.39, 0.29) is 6.61 Å². The molecule has 1 aromatic heterocycles. The molecule has 6 aromatic carbocycles. The zero-order chi connectivity index (χ0) is 38.7. The monoisotopic (exact) mass is 776 g/mol. The van der Waals surface area contributed by atoms with Crippen LogP contribution in [0.5, 0.6) is 5.06 Å². The maximum Gasteiger partial charge on any atom is 0.230 e. The second-order valence-corrected chi connectivity index (χ2v) is 15.5. The molecule has 0 radical (unpaired) electrons. The lowest BCUT2D eigenvalue weighted by Crippen LogP contribution is -2.62. The highest BCUT2D eigenvalue weighted by Gasteiger charge is 2.50. The molecule has 0 saturated carbocycles. The fourth-order valence-corrected chi connectivity index (χ4v) is 8.23. The third kappa shape index (κ3) is 10.4. The fraction of sp³-hybridized carbons (Fsp3) is 0.240. The topological polar surface area (TPSA) is 55.4 Å². The van der Waals surface area contributed by atoms with Crippen molar-refractivity contribution >= 4 is 21.4 Å². The summed E-state index contributed by atoms with van der Waals surface area (Å²) in [5.41, 5.74) is 7.99. The third-order valence-corrected chi connectivity index (χ3v) is 11.3. The van der Waals surface area contributed by atoms with Crippen molar-refractivity contribution < 1.29 is 28.4 Å². The van der Waals surface area contributed by atoms with Crippen LogP contribution in [0, 0.1) is 6.92 Å². The van der Waals surface area contributed by atoms with E-state index in [1.54, 1.807) is 11.3 Å². The van der Waals surface area contributed by atoms with Gasteiger partial charge in [-0.1, -0.05) is 181 Å². The molecular formula is C50H48O6S. The summed E-state index contributed by atoms with van der Waals surface area (Å²) in [5, 5.41) is 1.87. The first-order chi connectivity index (χ1) is 28.1. The molecule has 1 unspecified atom stereocenters. The highest BCUT2D eigenvalue weighted by Crippen LogP contribution is 2.38. The van der Waals surface area contributed by atoms with Gasteiger partial charge in [-0.3, -0.25) is 0 Å². The number of benzene rings is 6. The van der Waals surface area contributed by atoms with Gasteiger partial charge in [0.05, 0.1) is 33.0 Å². The molecule has 7 heteroatoms. The lowest BCUT2D eigenvalue weighted by molar-refractivity contribution is -0.309. The first kappa shape index (κ1) is 38.7. The van der Waals surface area contributed by atoms with E-state index in [9.17, 15) is 0 Å². The number of aryl methyl sites for hydroxylation is 1. The van der Waals surface area contributed by atoms with Crippen LogP contribution in [0.3, 0.4) is 0 Å². The van der Waals surface area contributed by atoms with E-state index in [0.29, 0.717) is 26.4 Å². The van der Waals surface area contributed by atoms with Crippen LogP contribution in [0.15, 0.2) is 170 Å². The van der Waals surface area contributed by atoms with Crippen LogP contribution >= 0.6 is 11.3 Å². The van der Waals surface area contributed by atoms with E-state index >= 15 is 0 Å². The smallest absolute Gasteiger partial charge is 0.230 e. The largest absolute Gasteiger partial charge is 0.452 e. The molecule has 0 aliphatic carbocycles. The van der Waals surface area contributed by atoms with Crippen LogP contribution in [0.25, 0.3) is 10.1 Å². The van der Waals surface area contributed by atoms with Crippen LogP contribution < -0.4 is 4.74 Å². The molecule has 1 saturated heterocycles. The minimum absolute atomic E-state index is 0.262. The minimum Gasteiger partial charge on any atom is -0.452 e. The van der Waals surface area contributed by atoms with Crippen molar-refractivity contribution in [3.05, 3.63) is 209 Å². The van der Waals surface area contributed by atoms with Crippen LogP contribution in [-0.2, 0) is 56.5 Å². The predicted octanol–water partition coefficient (Wildman–Crippen LogP) is 10.9. The van der Waals surface area contributed by atoms with Crippen LogP contribution in [0.2, 0.25) is 0 Å². The number of hydrogen-bond donors (Lipinski definition) is 0. The van der Waals surface area contributed by atoms with Crippen LogP contribution in [0.1, 0.15) is 38.9 Å². The summed E-state index contributed by atoms with van der Waals surface area (Å²) in [6.07, 6.45) is -2.31. The second-order valence-electron chi connectivity index (χ2n) is 14.5. The summed E-state index contributed by atoms with van der Waals surface area (Å²) >= 11 is 1.63. The van der Waals surface area contributed by atoms with E-state index in [4.69, 9.17) is 28.4 Å². The molecule has 5 atom stereocenters. The Morgan fingerprint density at radius 1 is 0.509 bits per heavy atom. The van der Waals surface area contributed by atoms with Crippen molar-refractivity contribution in [3.63, 3.8) is 0 Å². The molecule has 0 N–H and O–H groups in total. The van der Waals surface area contributed by atoms with E-state index in [1.807, 2.05) is 72.8 Å². The summed E-state index contributed by atoms with van der Waals surface area (Å²) in [6, 6.07) is 58.0. The summed E-state index contributed by atoms with van der Waals surface area (Å²) in [7, 11) is 0. The molecule has 290 valence electrons. The highest BCUT2D eigenvalue weighted by molar-refractivity contribution is 7.21. The van der Waals surface area contributed by atoms with Crippen molar-refractivity contribution in [2.24, 2.45) is 0 Å². The Kier molecular flexibility index (Phi) is 13.2. The molecule has 8 rings (SSSR count). The SMILES string of the molecule is Cc1ccc(Cc2cccc3cc(OC4O[C@H](COCc5ccccc5)[C@@H](OCc5ccccc5)[C@H](OCc5ccccc5)[C@H]4OCc4ccccc4)sc23)cc1. The average molecular weight is 777 g/mol. The van der Waals surface area contributed by atoms with Gasteiger partial charge in [0.25, 0.3) is 0 Å². The summed E-state index contributed by atoms with van der Waals surface area (Å²) in [5.74, 6) is 0.